The summed E-state index contributed by atoms with van der Waals surface area (Å²) in [6.07, 6.45) is 24.8. The Morgan fingerprint density at radius 1 is 0.833 bits per heavy atom. The predicted molar refractivity (Wildman–Crippen MR) is 167 cm³/mol. The van der Waals surface area contributed by atoms with E-state index in [-0.39, 0.29) is 29.2 Å². The van der Waals surface area contributed by atoms with Gasteiger partial charge in [0, 0.05) is 17.4 Å². The summed E-state index contributed by atoms with van der Waals surface area (Å²) in [5.41, 5.74) is 4.24. The van der Waals surface area contributed by atoms with Crippen LogP contribution in [0.2, 0.25) is 0 Å². The van der Waals surface area contributed by atoms with Crippen LogP contribution in [0.5, 0.6) is 5.75 Å². The molecule has 4 nitrogen and oxygen atoms in total. The number of Topliss-reactive ketones (excluding diaryl/α,β-unsaturated/α-hetero) is 3. The van der Waals surface area contributed by atoms with Crippen LogP contribution >= 0.6 is 0 Å². The van der Waals surface area contributed by atoms with Gasteiger partial charge in [-0.15, -0.1) is 0 Å². The molecule has 0 aromatic heterocycles. The van der Waals surface area contributed by atoms with Crippen molar-refractivity contribution >= 4 is 22.9 Å². The number of benzene rings is 1. The first-order valence-corrected chi connectivity index (χ1v) is 16.8. The summed E-state index contributed by atoms with van der Waals surface area (Å²) in [4.78, 5) is 40.8. The van der Waals surface area contributed by atoms with E-state index in [1.54, 1.807) is 7.11 Å². The van der Waals surface area contributed by atoms with E-state index >= 15 is 0 Å². The lowest BCUT2D eigenvalue weighted by atomic mass is 9.73. The molecule has 0 aliphatic heterocycles. The van der Waals surface area contributed by atoms with E-state index in [4.69, 9.17) is 4.74 Å². The number of hydrogen-bond donors (Lipinski definition) is 0. The fourth-order valence-electron chi connectivity index (χ4n) is 8.64. The molecular formula is C38H48O4. The quantitative estimate of drug-likeness (QED) is 0.221. The average Bonchev–Trinajstić information content (AvgIpc) is 3.71. The van der Waals surface area contributed by atoms with Crippen molar-refractivity contribution in [1.29, 1.82) is 0 Å². The minimum absolute atomic E-state index is 0.0229. The van der Waals surface area contributed by atoms with Crippen molar-refractivity contribution in [2.75, 3.05) is 7.11 Å². The zero-order chi connectivity index (χ0) is 29.2. The van der Waals surface area contributed by atoms with Crippen LogP contribution in [0.25, 0.3) is 5.57 Å². The first-order valence-electron chi connectivity index (χ1n) is 16.8. The summed E-state index contributed by atoms with van der Waals surface area (Å²) in [7, 11) is 1.61. The van der Waals surface area contributed by atoms with Crippen molar-refractivity contribution in [3.05, 3.63) is 58.7 Å². The van der Waals surface area contributed by atoms with Gasteiger partial charge in [0.1, 0.15) is 5.75 Å². The van der Waals surface area contributed by atoms with Crippen molar-refractivity contribution in [3.8, 4) is 5.75 Å². The standard InChI is InChI=1S/C38H48O4/c1-24-7-9-25(10-8-24)21-26-11-13-29(14-12-26)36(39)34-23-33-31(22-35(34)42-2)19-20-32(33)38(41)37(40)30-17-15-28(16-18-30)27-5-3-4-6-27/h7,9-10,20,22-24,26-30H,3-6,8,11-19,21H2,1-2H3. The lowest BCUT2D eigenvalue weighted by molar-refractivity contribution is -0.136. The van der Waals surface area contributed by atoms with Gasteiger partial charge < -0.3 is 4.74 Å². The van der Waals surface area contributed by atoms with Crippen LogP contribution in [0.4, 0.5) is 0 Å². The zero-order valence-corrected chi connectivity index (χ0v) is 25.7. The molecule has 1 aromatic carbocycles. The lowest BCUT2D eigenvalue weighted by Crippen LogP contribution is -2.30. The van der Waals surface area contributed by atoms with Crippen LogP contribution in [0.15, 0.2) is 42.0 Å². The van der Waals surface area contributed by atoms with E-state index in [9.17, 15) is 14.4 Å². The van der Waals surface area contributed by atoms with Crippen molar-refractivity contribution < 1.29 is 19.1 Å². The Hall–Kier alpha value is -2.75. The maximum atomic E-state index is 13.8. The molecule has 4 heteroatoms. The Balaban J connectivity index is 1.10. The van der Waals surface area contributed by atoms with Gasteiger partial charge in [0.05, 0.1) is 12.7 Å². The first kappa shape index (κ1) is 29.3. The molecule has 1 unspecified atom stereocenters. The molecule has 1 atom stereocenters. The van der Waals surface area contributed by atoms with E-state index in [2.05, 4.69) is 25.2 Å². The van der Waals surface area contributed by atoms with Gasteiger partial charge in [-0.05, 0) is 118 Å². The molecule has 3 fully saturated rings. The van der Waals surface area contributed by atoms with Crippen molar-refractivity contribution in [1.82, 2.24) is 0 Å². The van der Waals surface area contributed by atoms with E-state index in [1.807, 2.05) is 18.2 Å². The van der Waals surface area contributed by atoms with E-state index < -0.39 is 0 Å². The van der Waals surface area contributed by atoms with Gasteiger partial charge in [0.25, 0.3) is 0 Å². The Morgan fingerprint density at radius 3 is 2.19 bits per heavy atom. The highest BCUT2D eigenvalue weighted by molar-refractivity contribution is 6.54. The maximum absolute atomic E-state index is 13.8. The second-order valence-electron chi connectivity index (χ2n) is 14.0. The summed E-state index contributed by atoms with van der Waals surface area (Å²) in [6.45, 7) is 2.25. The molecule has 0 amide bonds. The minimum Gasteiger partial charge on any atom is -0.496 e. The van der Waals surface area contributed by atoms with Gasteiger partial charge in [0.2, 0.25) is 11.6 Å². The molecule has 0 radical (unpaired) electrons. The smallest absolute Gasteiger partial charge is 0.229 e. The fourth-order valence-corrected chi connectivity index (χ4v) is 8.64. The highest BCUT2D eigenvalue weighted by Crippen LogP contribution is 2.43. The number of rotatable bonds is 9. The fraction of sp³-hybridized carbons (Fsp3) is 0.605. The minimum atomic E-state index is -0.359. The number of carbonyl (C=O) groups is 3. The molecule has 0 heterocycles. The van der Waals surface area contributed by atoms with Crippen LogP contribution in [-0.2, 0) is 16.0 Å². The second-order valence-corrected chi connectivity index (χ2v) is 14.0. The first-order chi connectivity index (χ1) is 20.4. The third-order valence-electron chi connectivity index (χ3n) is 11.3. The largest absolute Gasteiger partial charge is 0.496 e. The van der Waals surface area contributed by atoms with Gasteiger partial charge in [-0.3, -0.25) is 14.4 Å². The topological polar surface area (TPSA) is 60.4 Å². The number of hydrogen-bond acceptors (Lipinski definition) is 4. The average molecular weight is 569 g/mol. The van der Waals surface area contributed by atoms with Crippen LogP contribution in [0.3, 0.4) is 0 Å². The lowest BCUT2D eigenvalue weighted by Gasteiger charge is -2.31. The van der Waals surface area contributed by atoms with Crippen LogP contribution in [0, 0.1) is 35.5 Å². The highest BCUT2D eigenvalue weighted by atomic mass is 16.5. The molecule has 0 bridgehead atoms. The number of allylic oxidation sites excluding steroid dienone is 6. The summed E-state index contributed by atoms with van der Waals surface area (Å²) < 4.78 is 5.69. The Labute approximate surface area is 252 Å². The van der Waals surface area contributed by atoms with Gasteiger partial charge >= 0.3 is 0 Å². The van der Waals surface area contributed by atoms with Crippen LogP contribution in [-0.4, -0.2) is 24.5 Å². The zero-order valence-electron chi connectivity index (χ0n) is 25.7. The van der Waals surface area contributed by atoms with E-state index in [1.165, 1.54) is 31.3 Å². The highest BCUT2D eigenvalue weighted by Gasteiger charge is 2.37. The van der Waals surface area contributed by atoms with Crippen LogP contribution in [0.1, 0.15) is 118 Å². The molecule has 0 saturated heterocycles. The summed E-state index contributed by atoms with van der Waals surface area (Å²) in [5, 5.41) is 0. The van der Waals surface area contributed by atoms with E-state index in [0.717, 1.165) is 87.2 Å². The molecule has 5 aliphatic carbocycles. The van der Waals surface area contributed by atoms with Gasteiger partial charge in [-0.25, -0.2) is 0 Å². The molecular weight excluding hydrogens is 520 g/mol. The molecule has 1 aromatic rings. The Morgan fingerprint density at radius 2 is 1.52 bits per heavy atom. The summed E-state index contributed by atoms with van der Waals surface area (Å²) in [5.74, 6) is 2.78. The third kappa shape index (κ3) is 6.15. The number of ether oxygens (including phenoxy) is 1. The number of methoxy groups -OCH3 is 1. The molecule has 5 aliphatic rings. The summed E-state index contributed by atoms with van der Waals surface area (Å²) >= 11 is 0. The SMILES string of the molecule is COc1cc2c(cc1C(=O)C1CCC(CC3=CCC(C)C=C3)CC1)C(C(=O)C(=O)C1CCC(C3CCCC3)CC1)=CC2. The Bertz CT molecular complexity index is 1290. The van der Waals surface area contributed by atoms with Gasteiger partial charge in [-0.1, -0.05) is 62.5 Å². The second kappa shape index (κ2) is 12.9. The molecule has 0 spiro atoms. The molecule has 6 rings (SSSR count). The van der Waals surface area contributed by atoms with Gasteiger partial charge in [-0.2, -0.15) is 0 Å². The van der Waals surface area contributed by atoms with Crippen molar-refractivity contribution in [3.63, 3.8) is 0 Å². The third-order valence-corrected chi connectivity index (χ3v) is 11.3. The predicted octanol–water partition coefficient (Wildman–Crippen LogP) is 8.67. The summed E-state index contributed by atoms with van der Waals surface area (Å²) in [6, 6.07) is 3.79. The monoisotopic (exact) mass is 568 g/mol. The molecule has 224 valence electrons. The van der Waals surface area contributed by atoms with E-state index in [0.29, 0.717) is 35.1 Å². The van der Waals surface area contributed by atoms with Crippen molar-refractivity contribution in [2.45, 2.75) is 103 Å². The molecule has 3 saturated carbocycles. The number of ketones is 3. The number of fused-ring (bicyclic) bond motifs is 1. The van der Waals surface area contributed by atoms with Crippen molar-refractivity contribution in [2.24, 2.45) is 35.5 Å². The Kier molecular flexibility index (Phi) is 8.98. The normalized spacial score (nSPS) is 29.5. The van der Waals surface area contributed by atoms with Crippen LogP contribution < -0.4 is 4.74 Å². The molecule has 42 heavy (non-hydrogen) atoms. The molecule has 0 N–H and O–H groups in total. The maximum Gasteiger partial charge on any atom is 0.229 e. The van der Waals surface area contributed by atoms with Gasteiger partial charge in [0.15, 0.2) is 5.78 Å². The number of carbonyl (C=O) groups excluding carboxylic acids is 3.